The minimum atomic E-state index is -2.10. The number of rotatable bonds is 14. The molecule has 0 aliphatic carbocycles. The molecule has 0 radical (unpaired) electrons. The summed E-state index contributed by atoms with van der Waals surface area (Å²) in [4.78, 5) is 0. The van der Waals surface area contributed by atoms with Gasteiger partial charge in [0.05, 0.1) is 13.2 Å². The monoisotopic (exact) mass is 316 g/mol. The van der Waals surface area contributed by atoms with Crippen LogP contribution in [0.5, 0.6) is 0 Å². The minimum absolute atomic E-state index is 0.628. The number of ether oxygens (including phenoxy) is 2. The molecule has 0 spiro atoms. The zero-order valence-electron chi connectivity index (χ0n) is 14.2. The maximum atomic E-state index is 5.71. The summed E-state index contributed by atoms with van der Waals surface area (Å²) in [7, 11) is 1.40. The van der Waals surface area contributed by atoms with E-state index in [-0.39, 0.29) is 0 Å². The summed E-state index contributed by atoms with van der Waals surface area (Å²) in [5.74, 6) is 0. The third-order valence-electron chi connectivity index (χ3n) is 3.13. The maximum absolute atomic E-state index is 5.71. The van der Waals surface area contributed by atoms with E-state index in [0.717, 1.165) is 49.3 Å². The molecule has 0 aromatic carbocycles. The van der Waals surface area contributed by atoms with Crippen LogP contribution in [0.3, 0.4) is 0 Å². The Kier molecular flexibility index (Phi) is 11.9. The standard InChI is InChI=1S/C16H32O4Si/c1-15(2)13-19-9-7-11-21(17-5,18-6)12-8-10-20-14-16(3)4/h1,3,7-14H2,2,4-6H3. The first-order chi connectivity index (χ1) is 9.95. The Morgan fingerprint density at radius 3 is 1.48 bits per heavy atom. The highest BCUT2D eigenvalue weighted by Crippen LogP contribution is 2.21. The minimum Gasteiger partial charge on any atom is -0.398 e. The van der Waals surface area contributed by atoms with Gasteiger partial charge in [0, 0.05) is 27.4 Å². The molecule has 0 unspecified atom stereocenters. The molecule has 0 aromatic heterocycles. The van der Waals surface area contributed by atoms with Gasteiger partial charge in [-0.25, -0.2) is 0 Å². The second-order valence-electron chi connectivity index (χ2n) is 5.55. The Bertz CT molecular complexity index is 275. The SMILES string of the molecule is C=C(C)COCCC[Si](CCCOCC(=C)C)(OC)OC. The molecule has 0 aliphatic rings. The quantitative estimate of drug-likeness (QED) is 0.278. The molecule has 4 nitrogen and oxygen atoms in total. The van der Waals surface area contributed by atoms with Gasteiger partial charge in [-0.2, -0.15) is 0 Å². The van der Waals surface area contributed by atoms with Gasteiger partial charge >= 0.3 is 8.56 Å². The first-order valence-electron chi connectivity index (χ1n) is 7.50. The van der Waals surface area contributed by atoms with Gasteiger partial charge in [0.1, 0.15) is 0 Å². The molecule has 0 saturated heterocycles. The van der Waals surface area contributed by atoms with E-state index in [1.54, 1.807) is 14.2 Å². The molecule has 0 fully saturated rings. The van der Waals surface area contributed by atoms with Crippen molar-refractivity contribution >= 4 is 8.56 Å². The van der Waals surface area contributed by atoms with Gasteiger partial charge in [-0.15, -0.1) is 0 Å². The smallest absolute Gasteiger partial charge is 0.337 e. The lowest BCUT2D eigenvalue weighted by Crippen LogP contribution is -2.40. The van der Waals surface area contributed by atoms with Gasteiger partial charge in [0.2, 0.25) is 0 Å². The Morgan fingerprint density at radius 2 is 1.19 bits per heavy atom. The van der Waals surface area contributed by atoms with Crippen molar-refractivity contribution in [3.63, 3.8) is 0 Å². The molecule has 124 valence electrons. The zero-order chi connectivity index (χ0) is 16.1. The van der Waals surface area contributed by atoms with Crippen molar-refractivity contribution in [3.8, 4) is 0 Å². The van der Waals surface area contributed by atoms with E-state index in [2.05, 4.69) is 13.2 Å². The van der Waals surface area contributed by atoms with Crippen molar-refractivity contribution < 1.29 is 18.3 Å². The largest absolute Gasteiger partial charge is 0.398 e. The van der Waals surface area contributed by atoms with Gasteiger partial charge in [-0.05, 0) is 38.8 Å². The molecule has 21 heavy (non-hydrogen) atoms. The summed E-state index contributed by atoms with van der Waals surface area (Å²) in [6, 6.07) is 1.88. The van der Waals surface area contributed by atoms with E-state index in [1.165, 1.54) is 0 Å². The Labute approximate surface area is 131 Å². The Balaban J connectivity index is 3.94. The lowest BCUT2D eigenvalue weighted by molar-refractivity contribution is 0.147. The van der Waals surface area contributed by atoms with Crippen LogP contribution in [-0.2, 0) is 18.3 Å². The van der Waals surface area contributed by atoms with Crippen molar-refractivity contribution in [3.05, 3.63) is 24.3 Å². The number of hydrogen-bond acceptors (Lipinski definition) is 4. The van der Waals surface area contributed by atoms with Crippen molar-refractivity contribution in [2.45, 2.75) is 38.8 Å². The highest BCUT2D eigenvalue weighted by atomic mass is 28.4. The van der Waals surface area contributed by atoms with Gasteiger partial charge in [0.15, 0.2) is 0 Å². The average Bonchev–Trinajstić information content (AvgIpc) is 2.44. The van der Waals surface area contributed by atoms with Crippen molar-refractivity contribution in [2.75, 3.05) is 40.6 Å². The van der Waals surface area contributed by atoms with Crippen LogP contribution in [0.4, 0.5) is 0 Å². The highest BCUT2D eigenvalue weighted by Gasteiger charge is 2.34. The Hall–Kier alpha value is -0.463. The molecule has 0 N–H and O–H groups in total. The summed E-state index contributed by atoms with van der Waals surface area (Å²) < 4.78 is 22.5. The van der Waals surface area contributed by atoms with Crippen LogP contribution in [0, 0.1) is 0 Å². The summed E-state index contributed by atoms with van der Waals surface area (Å²) in [5.41, 5.74) is 2.10. The summed E-state index contributed by atoms with van der Waals surface area (Å²) in [6.45, 7) is 14.3. The molecule has 0 aliphatic heterocycles. The van der Waals surface area contributed by atoms with E-state index in [4.69, 9.17) is 18.3 Å². The van der Waals surface area contributed by atoms with Crippen LogP contribution in [-0.4, -0.2) is 49.2 Å². The van der Waals surface area contributed by atoms with Crippen molar-refractivity contribution in [1.82, 2.24) is 0 Å². The molecular weight excluding hydrogens is 284 g/mol. The molecule has 0 amide bonds. The van der Waals surface area contributed by atoms with Crippen LogP contribution in [0.2, 0.25) is 12.1 Å². The van der Waals surface area contributed by atoms with Gasteiger partial charge in [-0.3, -0.25) is 0 Å². The highest BCUT2D eigenvalue weighted by molar-refractivity contribution is 6.67. The molecule has 0 bridgehead atoms. The maximum Gasteiger partial charge on any atom is 0.337 e. The summed E-state index contributed by atoms with van der Waals surface area (Å²) in [6.07, 6.45) is 1.90. The van der Waals surface area contributed by atoms with Crippen LogP contribution in [0.15, 0.2) is 24.3 Å². The van der Waals surface area contributed by atoms with Crippen LogP contribution >= 0.6 is 0 Å². The average molecular weight is 317 g/mol. The molecule has 0 aromatic rings. The molecule has 5 heteroatoms. The molecular formula is C16H32O4Si. The van der Waals surface area contributed by atoms with Crippen molar-refractivity contribution in [2.24, 2.45) is 0 Å². The van der Waals surface area contributed by atoms with E-state index >= 15 is 0 Å². The lowest BCUT2D eigenvalue weighted by Gasteiger charge is -2.27. The van der Waals surface area contributed by atoms with Gasteiger partial charge < -0.3 is 18.3 Å². The van der Waals surface area contributed by atoms with E-state index < -0.39 is 8.56 Å². The second-order valence-corrected chi connectivity index (χ2v) is 9.18. The fourth-order valence-electron chi connectivity index (χ4n) is 2.00. The Morgan fingerprint density at radius 1 is 0.810 bits per heavy atom. The fraction of sp³-hybridized carbons (Fsp3) is 0.750. The van der Waals surface area contributed by atoms with Gasteiger partial charge in [0.25, 0.3) is 0 Å². The summed E-state index contributed by atoms with van der Waals surface area (Å²) in [5, 5.41) is 0. The van der Waals surface area contributed by atoms with Gasteiger partial charge in [-0.1, -0.05) is 24.3 Å². The topological polar surface area (TPSA) is 36.9 Å². The second kappa shape index (κ2) is 12.1. The van der Waals surface area contributed by atoms with E-state index in [1.807, 2.05) is 13.8 Å². The summed E-state index contributed by atoms with van der Waals surface area (Å²) >= 11 is 0. The predicted molar refractivity (Wildman–Crippen MR) is 89.9 cm³/mol. The molecule has 0 saturated carbocycles. The first kappa shape index (κ1) is 20.5. The van der Waals surface area contributed by atoms with E-state index in [0.29, 0.717) is 13.2 Å². The van der Waals surface area contributed by atoms with E-state index in [9.17, 15) is 0 Å². The third-order valence-corrected chi connectivity index (χ3v) is 6.85. The van der Waals surface area contributed by atoms with Crippen LogP contribution in [0.1, 0.15) is 26.7 Å². The predicted octanol–water partition coefficient (Wildman–Crippen LogP) is 3.69. The number of hydrogen-bond donors (Lipinski definition) is 0. The molecule has 0 atom stereocenters. The first-order valence-corrected chi connectivity index (χ1v) is 9.73. The lowest BCUT2D eigenvalue weighted by atomic mass is 10.4. The van der Waals surface area contributed by atoms with Crippen LogP contribution in [0.25, 0.3) is 0 Å². The third kappa shape index (κ3) is 10.8. The zero-order valence-corrected chi connectivity index (χ0v) is 15.2. The molecule has 0 rings (SSSR count). The molecule has 0 heterocycles. The normalized spacial score (nSPS) is 11.6. The fourth-order valence-corrected chi connectivity index (χ4v) is 4.60. The van der Waals surface area contributed by atoms with Crippen LogP contribution < -0.4 is 0 Å². The van der Waals surface area contributed by atoms with Crippen molar-refractivity contribution in [1.29, 1.82) is 0 Å².